The number of ether oxygens (including phenoxy) is 1. The van der Waals surface area contributed by atoms with Crippen molar-refractivity contribution in [2.75, 3.05) is 7.11 Å². The average Bonchev–Trinajstić information content (AvgIpc) is 3.09. The van der Waals surface area contributed by atoms with Crippen LogP contribution >= 0.6 is 11.8 Å². The minimum atomic E-state index is 0.0543. The lowest BCUT2D eigenvalue weighted by molar-refractivity contribution is -0.124. The highest BCUT2D eigenvalue weighted by Crippen LogP contribution is 2.41. The second kappa shape index (κ2) is 9.04. The number of carbonyl (C=O) groups is 1. The van der Waals surface area contributed by atoms with Gasteiger partial charge in [0.25, 0.3) is 5.91 Å². The average molecular weight is 422 g/mol. The van der Waals surface area contributed by atoms with Gasteiger partial charge in [0.05, 0.1) is 12.0 Å². The quantitative estimate of drug-likeness (QED) is 0.592. The van der Waals surface area contributed by atoms with E-state index >= 15 is 0 Å². The Bertz CT molecular complexity index is 1010. The summed E-state index contributed by atoms with van der Waals surface area (Å²) in [6, 6.07) is 13.8. The molecule has 0 unspecified atom stereocenters. The van der Waals surface area contributed by atoms with Crippen molar-refractivity contribution in [3.05, 3.63) is 58.6 Å². The number of benzene rings is 1. The number of thioether (sulfide) groups is 1. The van der Waals surface area contributed by atoms with Crippen LogP contribution in [0.3, 0.4) is 0 Å². The third-order valence-corrected chi connectivity index (χ3v) is 6.83. The molecule has 2 fully saturated rings. The molecule has 0 bridgehead atoms. The van der Waals surface area contributed by atoms with Gasteiger partial charge in [-0.15, -0.1) is 0 Å². The monoisotopic (exact) mass is 421 g/mol. The SMILES string of the molecule is COc1cccc(/C(C)=C2\S/C(=N/c3cccc(C)n3)N(C3CCCCC3)C2=O)c1. The molecule has 1 saturated carbocycles. The molecule has 2 heterocycles. The predicted molar refractivity (Wildman–Crippen MR) is 123 cm³/mol. The molecule has 0 radical (unpaired) electrons. The van der Waals surface area contributed by atoms with Gasteiger partial charge in [0.15, 0.2) is 11.0 Å². The van der Waals surface area contributed by atoms with Crippen LogP contribution in [-0.2, 0) is 4.79 Å². The van der Waals surface area contributed by atoms with Crippen molar-refractivity contribution in [3.8, 4) is 5.75 Å². The summed E-state index contributed by atoms with van der Waals surface area (Å²) in [5.74, 6) is 1.48. The van der Waals surface area contributed by atoms with Crippen molar-refractivity contribution in [1.29, 1.82) is 0 Å². The third-order valence-electron chi connectivity index (χ3n) is 5.68. The summed E-state index contributed by atoms with van der Waals surface area (Å²) in [4.78, 5) is 25.5. The summed E-state index contributed by atoms with van der Waals surface area (Å²) in [7, 11) is 1.65. The highest BCUT2D eigenvalue weighted by atomic mass is 32.2. The molecular formula is C24H27N3O2S. The zero-order chi connectivity index (χ0) is 21.1. The smallest absolute Gasteiger partial charge is 0.267 e. The highest BCUT2D eigenvalue weighted by molar-refractivity contribution is 8.18. The first-order valence-corrected chi connectivity index (χ1v) is 11.3. The van der Waals surface area contributed by atoms with Crippen molar-refractivity contribution in [2.45, 2.75) is 52.0 Å². The number of aryl methyl sites for hydroxylation is 1. The van der Waals surface area contributed by atoms with Crippen LogP contribution in [0.5, 0.6) is 5.75 Å². The molecule has 1 aliphatic heterocycles. The first-order chi connectivity index (χ1) is 14.6. The molecule has 0 N–H and O–H groups in total. The molecular weight excluding hydrogens is 394 g/mol. The van der Waals surface area contributed by atoms with Crippen LogP contribution in [0.25, 0.3) is 5.57 Å². The van der Waals surface area contributed by atoms with Gasteiger partial charge in [0.2, 0.25) is 0 Å². The second-order valence-corrected chi connectivity index (χ2v) is 8.76. The summed E-state index contributed by atoms with van der Waals surface area (Å²) in [6.07, 6.45) is 5.60. The van der Waals surface area contributed by atoms with Crippen LogP contribution in [0.15, 0.2) is 52.4 Å². The van der Waals surface area contributed by atoms with Crippen molar-refractivity contribution in [1.82, 2.24) is 9.88 Å². The number of hydrogen-bond donors (Lipinski definition) is 0. The van der Waals surface area contributed by atoms with Gasteiger partial charge in [-0.1, -0.05) is 37.5 Å². The molecule has 30 heavy (non-hydrogen) atoms. The van der Waals surface area contributed by atoms with Crippen LogP contribution in [0, 0.1) is 6.92 Å². The number of allylic oxidation sites excluding steroid dienone is 1. The Morgan fingerprint density at radius 1 is 1.17 bits per heavy atom. The van der Waals surface area contributed by atoms with Crippen molar-refractivity contribution < 1.29 is 9.53 Å². The third kappa shape index (κ3) is 4.29. The lowest BCUT2D eigenvalue weighted by Crippen LogP contribution is -2.40. The van der Waals surface area contributed by atoms with E-state index in [4.69, 9.17) is 9.73 Å². The number of amides is 1. The molecule has 5 nitrogen and oxygen atoms in total. The van der Waals surface area contributed by atoms with Gasteiger partial charge in [-0.25, -0.2) is 9.98 Å². The van der Waals surface area contributed by atoms with Gasteiger partial charge in [-0.2, -0.15) is 0 Å². The van der Waals surface area contributed by atoms with E-state index in [1.54, 1.807) is 7.11 Å². The van der Waals surface area contributed by atoms with Gasteiger partial charge in [-0.05, 0) is 73.9 Å². The normalized spacial score (nSPS) is 20.7. The molecule has 1 aromatic carbocycles. The Morgan fingerprint density at radius 3 is 2.67 bits per heavy atom. The van der Waals surface area contributed by atoms with Gasteiger partial charge < -0.3 is 4.74 Å². The zero-order valence-electron chi connectivity index (χ0n) is 17.7. The molecule has 4 rings (SSSR count). The molecule has 0 atom stereocenters. The molecule has 2 aromatic rings. The van der Waals surface area contributed by atoms with E-state index in [0.717, 1.165) is 58.3 Å². The van der Waals surface area contributed by atoms with E-state index in [1.807, 2.05) is 61.2 Å². The van der Waals surface area contributed by atoms with E-state index in [0.29, 0.717) is 5.82 Å². The van der Waals surface area contributed by atoms with Crippen LogP contribution in [0.2, 0.25) is 0 Å². The lowest BCUT2D eigenvalue weighted by atomic mass is 9.94. The molecule has 0 spiro atoms. The highest BCUT2D eigenvalue weighted by Gasteiger charge is 2.39. The predicted octanol–water partition coefficient (Wildman–Crippen LogP) is 5.73. The molecule has 156 valence electrons. The standard InChI is InChI=1S/C24H27N3O2S/c1-16-9-7-14-21(25-16)26-24-27(19-11-5-4-6-12-19)23(28)22(30-24)17(2)18-10-8-13-20(15-18)29-3/h7-10,13-15,19H,4-6,11-12H2,1-3H3/b22-17-,26-24+. The topological polar surface area (TPSA) is 54.8 Å². The summed E-state index contributed by atoms with van der Waals surface area (Å²) in [5, 5.41) is 0.738. The number of amidine groups is 1. The molecule has 1 aromatic heterocycles. The largest absolute Gasteiger partial charge is 0.497 e. The van der Waals surface area contributed by atoms with E-state index in [1.165, 1.54) is 18.2 Å². The van der Waals surface area contributed by atoms with Crippen molar-refractivity contribution >= 4 is 34.2 Å². The number of aliphatic imine (C=N–C) groups is 1. The molecule has 1 amide bonds. The summed E-state index contributed by atoms with van der Waals surface area (Å²) >= 11 is 1.46. The lowest BCUT2D eigenvalue weighted by Gasteiger charge is -2.30. The van der Waals surface area contributed by atoms with E-state index in [2.05, 4.69) is 4.98 Å². The maximum atomic E-state index is 13.6. The van der Waals surface area contributed by atoms with Crippen LogP contribution < -0.4 is 4.74 Å². The minimum absolute atomic E-state index is 0.0543. The van der Waals surface area contributed by atoms with Gasteiger partial charge in [0, 0.05) is 11.7 Å². The van der Waals surface area contributed by atoms with E-state index in [-0.39, 0.29) is 11.9 Å². The molecule has 6 heteroatoms. The Hall–Kier alpha value is -2.60. The number of rotatable bonds is 4. The number of methoxy groups -OCH3 is 1. The van der Waals surface area contributed by atoms with Gasteiger partial charge in [0.1, 0.15) is 5.75 Å². The maximum Gasteiger partial charge on any atom is 0.267 e. The Kier molecular flexibility index (Phi) is 6.23. The molecule has 1 saturated heterocycles. The number of aromatic nitrogens is 1. The van der Waals surface area contributed by atoms with E-state index in [9.17, 15) is 4.79 Å². The fourth-order valence-electron chi connectivity index (χ4n) is 4.03. The van der Waals surface area contributed by atoms with Crippen LogP contribution in [0.1, 0.15) is 50.3 Å². The number of nitrogens with zero attached hydrogens (tertiary/aromatic N) is 3. The number of pyridine rings is 1. The maximum absolute atomic E-state index is 13.6. The van der Waals surface area contributed by atoms with Gasteiger partial charge in [-0.3, -0.25) is 9.69 Å². The first-order valence-electron chi connectivity index (χ1n) is 10.5. The Morgan fingerprint density at radius 2 is 1.93 bits per heavy atom. The first kappa shape index (κ1) is 20.7. The molecule has 2 aliphatic rings. The number of carbonyl (C=O) groups excluding carboxylic acids is 1. The summed E-state index contributed by atoms with van der Waals surface area (Å²) in [6.45, 7) is 3.95. The van der Waals surface area contributed by atoms with Crippen LogP contribution in [0.4, 0.5) is 5.82 Å². The van der Waals surface area contributed by atoms with Crippen molar-refractivity contribution in [2.24, 2.45) is 4.99 Å². The number of hydrogen-bond acceptors (Lipinski definition) is 5. The fourth-order valence-corrected chi connectivity index (χ4v) is 5.14. The van der Waals surface area contributed by atoms with E-state index < -0.39 is 0 Å². The van der Waals surface area contributed by atoms with Crippen LogP contribution in [-0.4, -0.2) is 34.1 Å². The minimum Gasteiger partial charge on any atom is -0.497 e. The summed E-state index contributed by atoms with van der Waals surface area (Å²) < 4.78 is 5.37. The molecule has 1 aliphatic carbocycles. The van der Waals surface area contributed by atoms with Gasteiger partial charge >= 0.3 is 0 Å². The van der Waals surface area contributed by atoms with Crippen molar-refractivity contribution in [3.63, 3.8) is 0 Å². The zero-order valence-corrected chi connectivity index (χ0v) is 18.5. The fraction of sp³-hybridized carbons (Fsp3) is 0.375. The Balaban J connectivity index is 1.75. The summed E-state index contributed by atoms with van der Waals surface area (Å²) in [5.41, 5.74) is 2.86. The second-order valence-electron chi connectivity index (χ2n) is 7.79. The Labute approximate surface area is 182 Å².